The van der Waals surface area contributed by atoms with Crippen LogP contribution in [0.1, 0.15) is 62.0 Å². The molecule has 1 aliphatic rings. The molecule has 0 unspecified atom stereocenters. The van der Waals surface area contributed by atoms with Gasteiger partial charge in [-0.15, -0.1) is 0 Å². The SMILES string of the molecule is NCCCCc1ccccc1C1CCCCC1. The van der Waals surface area contributed by atoms with Crippen LogP contribution in [-0.4, -0.2) is 6.54 Å². The fourth-order valence-corrected chi connectivity index (χ4v) is 3.03. The molecule has 0 aliphatic heterocycles. The van der Waals surface area contributed by atoms with Crippen LogP contribution in [0.25, 0.3) is 0 Å². The van der Waals surface area contributed by atoms with Gasteiger partial charge in [0.2, 0.25) is 0 Å². The van der Waals surface area contributed by atoms with Crippen molar-refractivity contribution in [2.24, 2.45) is 5.73 Å². The van der Waals surface area contributed by atoms with Gasteiger partial charge < -0.3 is 5.73 Å². The summed E-state index contributed by atoms with van der Waals surface area (Å²) in [5.74, 6) is 0.831. The normalized spacial score (nSPS) is 17.2. The second-order valence-corrected chi connectivity index (χ2v) is 5.28. The van der Waals surface area contributed by atoms with Crippen LogP contribution in [0.3, 0.4) is 0 Å². The Hall–Kier alpha value is -0.820. The van der Waals surface area contributed by atoms with E-state index in [2.05, 4.69) is 24.3 Å². The van der Waals surface area contributed by atoms with E-state index in [0.29, 0.717) is 0 Å². The van der Waals surface area contributed by atoms with Crippen molar-refractivity contribution in [3.05, 3.63) is 35.4 Å². The minimum atomic E-state index is 0.825. The second-order valence-electron chi connectivity index (χ2n) is 5.28. The average Bonchev–Trinajstić information content (AvgIpc) is 2.41. The molecule has 0 aromatic heterocycles. The highest BCUT2D eigenvalue weighted by molar-refractivity contribution is 5.30. The van der Waals surface area contributed by atoms with E-state index in [1.54, 1.807) is 11.1 Å². The van der Waals surface area contributed by atoms with Crippen molar-refractivity contribution < 1.29 is 0 Å². The first-order chi connectivity index (χ1) is 8.42. The molecular formula is C16H25N. The van der Waals surface area contributed by atoms with Gasteiger partial charge in [-0.1, -0.05) is 43.5 Å². The molecule has 1 saturated carbocycles. The molecule has 2 N–H and O–H groups in total. The molecular weight excluding hydrogens is 206 g/mol. The molecule has 1 aromatic rings. The second kappa shape index (κ2) is 6.80. The largest absolute Gasteiger partial charge is 0.330 e. The smallest absolute Gasteiger partial charge is 0.00772 e. The third-order valence-corrected chi connectivity index (χ3v) is 4.00. The number of unbranched alkanes of at least 4 members (excludes halogenated alkanes) is 1. The van der Waals surface area contributed by atoms with Crippen molar-refractivity contribution in [1.29, 1.82) is 0 Å². The lowest BCUT2D eigenvalue weighted by molar-refractivity contribution is 0.441. The zero-order valence-corrected chi connectivity index (χ0v) is 10.8. The standard InChI is InChI=1S/C16H25N/c17-13-7-6-11-15-10-4-5-12-16(15)14-8-2-1-3-9-14/h4-5,10,12,14H,1-3,6-9,11,13,17H2. The van der Waals surface area contributed by atoms with Gasteiger partial charge in [-0.2, -0.15) is 0 Å². The number of hydrogen-bond acceptors (Lipinski definition) is 1. The highest BCUT2D eigenvalue weighted by Gasteiger charge is 2.17. The van der Waals surface area contributed by atoms with Gasteiger partial charge in [0.15, 0.2) is 0 Å². The van der Waals surface area contributed by atoms with Gasteiger partial charge in [-0.3, -0.25) is 0 Å². The fourth-order valence-electron chi connectivity index (χ4n) is 3.03. The minimum absolute atomic E-state index is 0.825. The first-order valence-electron chi connectivity index (χ1n) is 7.19. The van der Waals surface area contributed by atoms with Crippen molar-refractivity contribution in [1.82, 2.24) is 0 Å². The van der Waals surface area contributed by atoms with Crippen molar-refractivity contribution in [3.8, 4) is 0 Å². The summed E-state index contributed by atoms with van der Waals surface area (Å²) in [5, 5.41) is 0. The molecule has 1 aromatic carbocycles. The van der Waals surface area contributed by atoms with Crippen LogP contribution in [0.2, 0.25) is 0 Å². The molecule has 0 spiro atoms. The topological polar surface area (TPSA) is 26.0 Å². The van der Waals surface area contributed by atoms with E-state index < -0.39 is 0 Å². The summed E-state index contributed by atoms with van der Waals surface area (Å²) < 4.78 is 0. The Morgan fingerprint density at radius 1 is 1.00 bits per heavy atom. The van der Waals surface area contributed by atoms with E-state index in [1.807, 2.05) is 0 Å². The van der Waals surface area contributed by atoms with Crippen LogP contribution < -0.4 is 5.73 Å². The van der Waals surface area contributed by atoms with Gasteiger partial charge in [0.05, 0.1) is 0 Å². The van der Waals surface area contributed by atoms with Crippen LogP contribution in [0.4, 0.5) is 0 Å². The lowest BCUT2D eigenvalue weighted by Crippen LogP contribution is -2.08. The van der Waals surface area contributed by atoms with Crippen molar-refractivity contribution >= 4 is 0 Å². The highest BCUT2D eigenvalue weighted by atomic mass is 14.5. The Labute approximate surface area is 105 Å². The van der Waals surface area contributed by atoms with Gasteiger partial charge in [-0.05, 0) is 55.7 Å². The van der Waals surface area contributed by atoms with E-state index in [0.717, 1.165) is 18.9 Å². The molecule has 94 valence electrons. The molecule has 0 bridgehead atoms. The average molecular weight is 231 g/mol. The predicted molar refractivity (Wildman–Crippen MR) is 74.3 cm³/mol. The minimum Gasteiger partial charge on any atom is -0.330 e. The molecule has 0 atom stereocenters. The van der Waals surface area contributed by atoms with Gasteiger partial charge in [-0.25, -0.2) is 0 Å². The monoisotopic (exact) mass is 231 g/mol. The number of rotatable bonds is 5. The van der Waals surface area contributed by atoms with E-state index in [-0.39, 0.29) is 0 Å². The molecule has 0 saturated heterocycles. The summed E-state index contributed by atoms with van der Waals surface area (Å²) in [7, 11) is 0. The molecule has 17 heavy (non-hydrogen) atoms. The predicted octanol–water partition coefficient (Wildman–Crippen LogP) is 4.02. The van der Waals surface area contributed by atoms with E-state index in [9.17, 15) is 0 Å². The van der Waals surface area contributed by atoms with Crippen molar-refractivity contribution in [2.75, 3.05) is 6.54 Å². The van der Waals surface area contributed by atoms with E-state index in [4.69, 9.17) is 5.73 Å². The summed E-state index contributed by atoms with van der Waals surface area (Å²) in [4.78, 5) is 0. The Bertz CT molecular complexity index is 326. The zero-order valence-electron chi connectivity index (χ0n) is 10.8. The van der Waals surface area contributed by atoms with Gasteiger partial charge in [0, 0.05) is 0 Å². The highest BCUT2D eigenvalue weighted by Crippen LogP contribution is 2.34. The summed E-state index contributed by atoms with van der Waals surface area (Å²) >= 11 is 0. The van der Waals surface area contributed by atoms with E-state index >= 15 is 0 Å². The molecule has 1 aliphatic carbocycles. The maximum absolute atomic E-state index is 5.57. The number of benzene rings is 1. The molecule has 1 nitrogen and oxygen atoms in total. The number of hydrogen-bond donors (Lipinski definition) is 1. The molecule has 1 heteroatoms. The maximum Gasteiger partial charge on any atom is -0.00772 e. The maximum atomic E-state index is 5.57. The lowest BCUT2D eigenvalue weighted by atomic mass is 9.81. The zero-order chi connectivity index (χ0) is 11.9. The van der Waals surface area contributed by atoms with Crippen LogP contribution in [0, 0.1) is 0 Å². The Kier molecular flexibility index (Phi) is 5.06. The summed E-state index contributed by atoms with van der Waals surface area (Å²) in [6.45, 7) is 0.825. The van der Waals surface area contributed by atoms with Gasteiger partial charge in [0.1, 0.15) is 0 Å². The van der Waals surface area contributed by atoms with Crippen LogP contribution in [-0.2, 0) is 6.42 Å². The Morgan fingerprint density at radius 3 is 2.53 bits per heavy atom. The van der Waals surface area contributed by atoms with E-state index in [1.165, 1.54) is 44.9 Å². The third-order valence-electron chi connectivity index (χ3n) is 4.00. The molecule has 2 rings (SSSR count). The van der Waals surface area contributed by atoms with Crippen LogP contribution >= 0.6 is 0 Å². The van der Waals surface area contributed by atoms with Crippen LogP contribution in [0.15, 0.2) is 24.3 Å². The summed E-state index contributed by atoms with van der Waals surface area (Å²) in [6.07, 6.45) is 10.7. The summed E-state index contributed by atoms with van der Waals surface area (Å²) in [5.41, 5.74) is 8.78. The Morgan fingerprint density at radius 2 is 1.76 bits per heavy atom. The van der Waals surface area contributed by atoms with Crippen molar-refractivity contribution in [3.63, 3.8) is 0 Å². The summed E-state index contributed by atoms with van der Waals surface area (Å²) in [6, 6.07) is 9.06. The molecule has 0 amide bonds. The van der Waals surface area contributed by atoms with Crippen molar-refractivity contribution in [2.45, 2.75) is 57.3 Å². The van der Waals surface area contributed by atoms with Crippen LogP contribution in [0.5, 0.6) is 0 Å². The number of aryl methyl sites for hydroxylation is 1. The molecule has 0 radical (unpaired) electrons. The molecule has 1 fully saturated rings. The Balaban J connectivity index is 2.03. The van der Waals surface area contributed by atoms with Gasteiger partial charge >= 0.3 is 0 Å². The fraction of sp³-hybridized carbons (Fsp3) is 0.625. The third kappa shape index (κ3) is 3.57. The van der Waals surface area contributed by atoms with Gasteiger partial charge in [0.25, 0.3) is 0 Å². The quantitative estimate of drug-likeness (QED) is 0.761. The first kappa shape index (κ1) is 12.6. The lowest BCUT2D eigenvalue weighted by Gasteiger charge is -2.24. The number of nitrogens with two attached hydrogens (primary N) is 1. The molecule has 0 heterocycles. The first-order valence-corrected chi connectivity index (χ1v) is 7.19.